The third-order valence-electron chi connectivity index (χ3n) is 8.45. The molecule has 0 aliphatic heterocycles. The third kappa shape index (κ3) is 24.9. The van der Waals surface area contributed by atoms with Gasteiger partial charge in [-0.05, 0) is 43.0 Å². The van der Waals surface area contributed by atoms with Crippen molar-refractivity contribution < 1.29 is 71.2 Å². The van der Waals surface area contributed by atoms with Crippen LogP contribution in [0.5, 0.6) is 0 Å². The van der Waals surface area contributed by atoms with Gasteiger partial charge in [0.2, 0.25) is 0 Å². The van der Waals surface area contributed by atoms with Crippen molar-refractivity contribution >= 4 is 12.1 Å². The number of fused-ring (bicyclic) bond motifs is 3. The Labute approximate surface area is 356 Å². The number of nitrogens with one attached hydrogen (secondary N) is 1. The van der Waals surface area contributed by atoms with Crippen LogP contribution in [0.3, 0.4) is 0 Å². The van der Waals surface area contributed by atoms with Crippen molar-refractivity contribution in [3.63, 3.8) is 0 Å². The number of ether oxygens (including phenoxy) is 13. The quantitative estimate of drug-likeness (QED) is 0.0744. The lowest BCUT2D eigenvalue weighted by Crippen LogP contribution is -2.29. The fourth-order valence-corrected chi connectivity index (χ4v) is 5.72. The standard InChI is InChI=1S/C44H69NO15/c1-44(2,3)60-42(46)12-14-48-16-18-50-20-22-52-24-26-54-28-30-56-32-34-58-35-33-57-31-29-55-27-25-53-23-21-51-19-17-49-15-13-45-43(47)59-36-41-39-10-6-4-8-37(39)38-9-5-7-11-40(38)41/h4-11,41H,12-36H2,1-3H3,(H,45,47). The summed E-state index contributed by atoms with van der Waals surface area (Å²) in [6.45, 7) is 16.1. The predicted molar refractivity (Wildman–Crippen MR) is 223 cm³/mol. The van der Waals surface area contributed by atoms with E-state index in [-0.39, 0.29) is 24.9 Å². The second kappa shape index (κ2) is 33.4. The molecule has 0 saturated heterocycles. The summed E-state index contributed by atoms with van der Waals surface area (Å²) < 4.78 is 71.1. The molecular weight excluding hydrogens is 782 g/mol. The van der Waals surface area contributed by atoms with E-state index in [9.17, 15) is 9.59 Å². The monoisotopic (exact) mass is 851 g/mol. The van der Waals surface area contributed by atoms with Crippen molar-refractivity contribution in [1.82, 2.24) is 5.32 Å². The minimum absolute atomic E-state index is 0.0321. The normalized spacial score (nSPS) is 12.4. The van der Waals surface area contributed by atoms with Gasteiger partial charge in [0.25, 0.3) is 0 Å². The summed E-state index contributed by atoms with van der Waals surface area (Å²) in [6, 6.07) is 16.5. The van der Waals surface area contributed by atoms with Gasteiger partial charge in [-0.2, -0.15) is 0 Å². The van der Waals surface area contributed by atoms with Crippen molar-refractivity contribution in [2.45, 2.75) is 38.7 Å². The molecule has 0 bridgehead atoms. The fourth-order valence-electron chi connectivity index (χ4n) is 5.72. The number of hydrogen-bond donors (Lipinski definition) is 1. The summed E-state index contributed by atoms with van der Waals surface area (Å²) in [5.74, 6) is -0.237. The number of benzene rings is 2. The fraction of sp³-hybridized carbons (Fsp3) is 0.682. The zero-order valence-electron chi connectivity index (χ0n) is 36.0. The zero-order chi connectivity index (χ0) is 42.8. The van der Waals surface area contributed by atoms with Gasteiger partial charge in [0.15, 0.2) is 0 Å². The number of hydrogen-bond acceptors (Lipinski definition) is 15. The van der Waals surface area contributed by atoms with Gasteiger partial charge in [-0.1, -0.05) is 48.5 Å². The maximum Gasteiger partial charge on any atom is 0.407 e. The van der Waals surface area contributed by atoms with Gasteiger partial charge in [-0.15, -0.1) is 0 Å². The summed E-state index contributed by atoms with van der Waals surface area (Å²) >= 11 is 0. The van der Waals surface area contributed by atoms with Crippen molar-refractivity contribution in [2.24, 2.45) is 0 Å². The lowest BCUT2D eigenvalue weighted by atomic mass is 9.98. The number of rotatable bonds is 38. The first-order chi connectivity index (χ1) is 29.3. The zero-order valence-corrected chi connectivity index (χ0v) is 36.0. The molecule has 1 N–H and O–H groups in total. The number of alkyl carbamates (subject to hydrolysis) is 1. The van der Waals surface area contributed by atoms with E-state index in [2.05, 4.69) is 29.6 Å². The van der Waals surface area contributed by atoms with Gasteiger partial charge in [-0.3, -0.25) is 4.79 Å². The van der Waals surface area contributed by atoms with Crippen LogP contribution in [-0.2, 0) is 66.4 Å². The molecule has 0 heterocycles. The predicted octanol–water partition coefficient (Wildman–Crippen LogP) is 4.44. The highest BCUT2D eigenvalue weighted by molar-refractivity contribution is 5.79. The largest absolute Gasteiger partial charge is 0.460 e. The van der Waals surface area contributed by atoms with E-state index >= 15 is 0 Å². The topological polar surface area (TPSA) is 166 Å². The molecule has 1 aliphatic rings. The molecule has 3 rings (SSSR count). The smallest absolute Gasteiger partial charge is 0.407 e. The Hall–Kier alpha value is -3.26. The number of amides is 1. The Balaban J connectivity index is 0.929. The van der Waals surface area contributed by atoms with E-state index in [1.54, 1.807) is 0 Å². The molecular formula is C44H69NO15. The average Bonchev–Trinajstić information content (AvgIpc) is 3.55. The molecule has 0 unspecified atom stereocenters. The Morgan fingerprint density at radius 1 is 0.467 bits per heavy atom. The molecule has 0 saturated carbocycles. The van der Waals surface area contributed by atoms with E-state index in [0.717, 1.165) is 0 Å². The van der Waals surface area contributed by atoms with E-state index in [4.69, 9.17) is 61.6 Å². The molecule has 1 amide bonds. The SMILES string of the molecule is CC(C)(C)OC(=O)CCOCCOCCOCCOCCOCCOCCOCCOCCOCCOCCOCCNC(=O)OCC1c2ccccc2-c2ccccc21. The van der Waals surface area contributed by atoms with Gasteiger partial charge in [0, 0.05) is 12.5 Å². The molecule has 0 radical (unpaired) electrons. The molecule has 60 heavy (non-hydrogen) atoms. The Morgan fingerprint density at radius 3 is 1.13 bits per heavy atom. The average molecular weight is 852 g/mol. The molecule has 2 aromatic carbocycles. The van der Waals surface area contributed by atoms with Crippen LogP contribution in [0, 0.1) is 0 Å². The molecule has 0 spiro atoms. The summed E-state index contributed by atoms with van der Waals surface area (Å²) in [4.78, 5) is 23.8. The van der Waals surface area contributed by atoms with E-state index in [0.29, 0.717) is 152 Å². The molecule has 16 nitrogen and oxygen atoms in total. The summed E-state index contributed by atoms with van der Waals surface area (Å²) in [5, 5.41) is 2.74. The Bertz CT molecular complexity index is 1350. The number of carbonyl (C=O) groups excluding carboxylic acids is 2. The number of carbonyl (C=O) groups is 2. The van der Waals surface area contributed by atoms with Crippen molar-refractivity contribution in [3.05, 3.63) is 59.7 Å². The van der Waals surface area contributed by atoms with Gasteiger partial charge in [0.05, 0.1) is 152 Å². The molecule has 0 atom stereocenters. The van der Waals surface area contributed by atoms with E-state index < -0.39 is 11.7 Å². The highest BCUT2D eigenvalue weighted by Crippen LogP contribution is 2.44. The molecule has 2 aromatic rings. The molecule has 0 aromatic heterocycles. The van der Waals surface area contributed by atoms with Crippen molar-refractivity contribution in [1.29, 1.82) is 0 Å². The first-order valence-corrected chi connectivity index (χ1v) is 21.0. The minimum Gasteiger partial charge on any atom is -0.460 e. The summed E-state index contributed by atoms with van der Waals surface area (Å²) in [7, 11) is 0. The lowest BCUT2D eigenvalue weighted by molar-refractivity contribution is -0.156. The van der Waals surface area contributed by atoms with Crippen LogP contribution in [0.1, 0.15) is 44.2 Å². The molecule has 16 heteroatoms. The third-order valence-corrected chi connectivity index (χ3v) is 8.45. The van der Waals surface area contributed by atoms with Crippen molar-refractivity contribution in [2.75, 3.05) is 159 Å². The van der Waals surface area contributed by atoms with Crippen LogP contribution in [0.2, 0.25) is 0 Å². The summed E-state index contributed by atoms with van der Waals surface area (Å²) in [5.41, 5.74) is 4.28. The number of esters is 1. The lowest BCUT2D eigenvalue weighted by Gasteiger charge is -2.19. The van der Waals surface area contributed by atoms with Crippen LogP contribution in [-0.4, -0.2) is 176 Å². The molecule has 340 valence electrons. The van der Waals surface area contributed by atoms with Gasteiger partial charge in [-0.25, -0.2) is 4.79 Å². The highest BCUT2D eigenvalue weighted by Gasteiger charge is 2.29. The van der Waals surface area contributed by atoms with Gasteiger partial charge in [0.1, 0.15) is 12.2 Å². The Kier molecular flexibility index (Phi) is 28.4. The highest BCUT2D eigenvalue weighted by atomic mass is 16.6. The van der Waals surface area contributed by atoms with E-state index in [1.165, 1.54) is 22.3 Å². The maximum absolute atomic E-state index is 12.3. The second-order valence-electron chi connectivity index (χ2n) is 14.3. The van der Waals surface area contributed by atoms with Gasteiger partial charge >= 0.3 is 12.1 Å². The van der Waals surface area contributed by atoms with Crippen LogP contribution in [0.15, 0.2) is 48.5 Å². The Morgan fingerprint density at radius 2 is 0.783 bits per heavy atom. The minimum atomic E-state index is -0.480. The molecule has 0 fully saturated rings. The maximum atomic E-state index is 12.3. The molecule has 1 aliphatic carbocycles. The van der Waals surface area contributed by atoms with Crippen LogP contribution >= 0.6 is 0 Å². The van der Waals surface area contributed by atoms with Crippen LogP contribution in [0.25, 0.3) is 11.1 Å². The van der Waals surface area contributed by atoms with Gasteiger partial charge < -0.3 is 66.9 Å². The summed E-state index contributed by atoms with van der Waals surface area (Å²) in [6.07, 6.45) is -0.231. The first kappa shape index (κ1) is 51.1. The van der Waals surface area contributed by atoms with Crippen LogP contribution in [0.4, 0.5) is 4.79 Å². The van der Waals surface area contributed by atoms with Crippen LogP contribution < -0.4 is 5.32 Å². The second-order valence-corrected chi connectivity index (χ2v) is 14.3. The van der Waals surface area contributed by atoms with Crippen molar-refractivity contribution in [3.8, 4) is 11.1 Å². The van der Waals surface area contributed by atoms with E-state index in [1.807, 2.05) is 45.0 Å². The first-order valence-electron chi connectivity index (χ1n) is 21.0.